The Morgan fingerprint density at radius 1 is 1.38 bits per heavy atom. The summed E-state index contributed by atoms with van der Waals surface area (Å²) in [5, 5.41) is 2.98. The maximum Gasteiger partial charge on any atom is 0.144 e. The van der Waals surface area contributed by atoms with Crippen LogP contribution in [0.3, 0.4) is 0 Å². The minimum absolute atomic E-state index is 0.667. The van der Waals surface area contributed by atoms with E-state index in [4.69, 9.17) is 0 Å². The predicted octanol–water partition coefficient (Wildman–Crippen LogP) is 1.75. The van der Waals surface area contributed by atoms with E-state index < -0.39 is 0 Å². The molecule has 4 heteroatoms. The molecule has 0 spiro atoms. The monoisotopic (exact) mass is 220 g/mol. The van der Waals surface area contributed by atoms with E-state index in [-0.39, 0.29) is 0 Å². The first kappa shape index (κ1) is 11.3. The van der Waals surface area contributed by atoms with Crippen LogP contribution in [0, 0.1) is 5.92 Å². The quantitative estimate of drug-likeness (QED) is 0.842. The predicted molar refractivity (Wildman–Crippen MR) is 65.2 cm³/mol. The van der Waals surface area contributed by atoms with Crippen molar-refractivity contribution in [3.63, 3.8) is 0 Å². The fraction of sp³-hybridized carbons (Fsp3) is 0.667. The molecule has 1 saturated heterocycles. The molecule has 0 saturated carbocycles. The van der Waals surface area contributed by atoms with Gasteiger partial charge in [-0.25, -0.2) is 4.98 Å². The molecule has 1 aliphatic heterocycles. The van der Waals surface area contributed by atoms with Gasteiger partial charge in [0, 0.05) is 26.2 Å². The molecule has 88 valence electrons. The average Bonchev–Trinajstić information content (AvgIpc) is 2.59. The SMILES string of the molecule is CNc1cnc(CN2CC(C)CC2C)cn1. The first-order valence-corrected chi connectivity index (χ1v) is 5.91. The zero-order valence-electron chi connectivity index (χ0n) is 10.3. The van der Waals surface area contributed by atoms with Crippen LogP contribution in [0.25, 0.3) is 0 Å². The van der Waals surface area contributed by atoms with E-state index in [0.717, 1.165) is 24.0 Å². The van der Waals surface area contributed by atoms with Crippen molar-refractivity contribution < 1.29 is 0 Å². The first-order chi connectivity index (χ1) is 7.69. The third-order valence-electron chi connectivity index (χ3n) is 3.24. The second kappa shape index (κ2) is 4.78. The summed E-state index contributed by atoms with van der Waals surface area (Å²) in [7, 11) is 1.86. The number of hydrogen-bond acceptors (Lipinski definition) is 4. The van der Waals surface area contributed by atoms with Crippen LogP contribution in [-0.4, -0.2) is 34.5 Å². The molecule has 1 N–H and O–H groups in total. The molecule has 2 heterocycles. The van der Waals surface area contributed by atoms with Crippen LogP contribution in [0.1, 0.15) is 26.0 Å². The van der Waals surface area contributed by atoms with Crippen molar-refractivity contribution in [3.05, 3.63) is 18.1 Å². The minimum Gasteiger partial charge on any atom is -0.372 e. The summed E-state index contributed by atoms with van der Waals surface area (Å²) in [5.74, 6) is 1.63. The van der Waals surface area contributed by atoms with E-state index in [1.807, 2.05) is 13.2 Å². The van der Waals surface area contributed by atoms with E-state index in [2.05, 4.69) is 34.0 Å². The Labute approximate surface area is 97.1 Å². The number of hydrogen-bond donors (Lipinski definition) is 1. The summed E-state index contributed by atoms with van der Waals surface area (Å²) in [6, 6.07) is 0.667. The molecule has 2 rings (SSSR count). The molecule has 2 atom stereocenters. The van der Waals surface area contributed by atoms with Crippen LogP contribution >= 0.6 is 0 Å². The highest BCUT2D eigenvalue weighted by molar-refractivity contribution is 5.29. The van der Waals surface area contributed by atoms with Gasteiger partial charge in [-0.2, -0.15) is 0 Å². The molecular weight excluding hydrogens is 200 g/mol. The van der Waals surface area contributed by atoms with Gasteiger partial charge in [-0.15, -0.1) is 0 Å². The van der Waals surface area contributed by atoms with E-state index in [9.17, 15) is 0 Å². The van der Waals surface area contributed by atoms with E-state index in [1.54, 1.807) is 6.20 Å². The molecule has 1 fully saturated rings. The second-order valence-corrected chi connectivity index (χ2v) is 4.76. The molecule has 2 unspecified atom stereocenters. The Morgan fingerprint density at radius 3 is 2.69 bits per heavy atom. The number of nitrogens with one attached hydrogen (secondary N) is 1. The molecule has 16 heavy (non-hydrogen) atoms. The molecule has 0 bridgehead atoms. The van der Waals surface area contributed by atoms with Crippen molar-refractivity contribution in [2.24, 2.45) is 5.92 Å². The average molecular weight is 220 g/mol. The molecule has 1 aromatic rings. The lowest BCUT2D eigenvalue weighted by atomic mass is 10.1. The summed E-state index contributed by atoms with van der Waals surface area (Å²) in [6.07, 6.45) is 4.95. The Morgan fingerprint density at radius 2 is 2.19 bits per heavy atom. The van der Waals surface area contributed by atoms with Gasteiger partial charge in [0.2, 0.25) is 0 Å². The summed E-state index contributed by atoms with van der Waals surface area (Å²) < 4.78 is 0. The fourth-order valence-corrected chi connectivity index (χ4v) is 2.38. The number of rotatable bonds is 3. The smallest absolute Gasteiger partial charge is 0.144 e. The summed E-state index contributed by atoms with van der Waals surface area (Å²) in [6.45, 7) is 6.70. The largest absolute Gasteiger partial charge is 0.372 e. The topological polar surface area (TPSA) is 41.1 Å². The van der Waals surface area contributed by atoms with Gasteiger partial charge in [-0.05, 0) is 19.3 Å². The highest BCUT2D eigenvalue weighted by Gasteiger charge is 2.26. The van der Waals surface area contributed by atoms with Gasteiger partial charge >= 0.3 is 0 Å². The first-order valence-electron chi connectivity index (χ1n) is 5.91. The number of nitrogens with zero attached hydrogens (tertiary/aromatic N) is 3. The molecular formula is C12H20N4. The molecule has 0 aliphatic carbocycles. The van der Waals surface area contributed by atoms with Crippen molar-refractivity contribution in [1.29, 1.82) is 0 Å². The fourth-order valence-electron chi connectivity index (χ4n) is 2.38. The number of anilines is 1. The molecule has 1 aliphatic rings. The van der Waals surface area contributed by atoms with Gasteiger partial charge in [0.25, 0.3) is 0 Å². The normalized spacial score (nSPS) is 25.9. The Hall–Kier alpha value is -1.16. The van der Waals surface area contributed by atoms with Gasteiger partial charge < -0.3 is 5.32 Å². The highest BCUT2D eigenvalue weighted by Crippen LogP contribution is 2.23. The number of likely N-dealkylation sites (tertiary alicyclic amines) is 1. The zero-order valence-corrected chi connectivity index (χ0v) is 10.3. The molecule has 1 aromatic heterocycles. The maximum atomic E-state index is 4.41. The Kier molecular flexibility index (Phi) is 3.39. The van der Waals surface area contributed by atoms with Crippen molar-refractivity contribution in [3.8, 4) is 0 Å². The summed E-state index contributed by atoms with van der Waals surface area (Å²) >= 11 is 0. The Balaban J connectivity index is 1.98. The van der Waals surface area contributed by atoms with E-state index in [1.165, 1.54) is 13.0 Å². The molecule has 4 nitrogen and oxygen atoms in total. The van der Waals surface area contributed by atoms with Crippen molar-refractivity contribution in [2.75, 3.05) is 18.9 Å². The van der Waals surface area contributed by atoms with Gasteiger partial charge in [-0.3, -0.25) is 9.88 Å². The summed E-state index contributed by atoms with van der Waals surface area (Å²) in [4.78, 5) is 11.2. The molecule has 0 radical (unpaired) electrons. The standard InChI is InChI=1S/C12H20N4/c1-9-4-10(2)16(7-9)8-11-5-15-12(13-3)6-14-11/h5-6,9-10H,4,7-8H2,1-3H3,(H,13,15). The van der Waals surface area contributed by atoms with Gasteiger partial charge in [0.15, 0.2) is 0 Å². The van der Waals surface area contributed by atoms with Crippen LogP contribution in [0.4, 0.5) is 5.82 Å². The lowest BCUT2D eigenvalue weighted by Crippen LogP contribution is -2.27. The third kappa shape index (κ3) is 2.50. The van der Waals surface area contributed by atoms with E-state index in [0.29, 0.717) is 6.04 Å². The van der Waals surface area contributed by atoms with Crippen LogP contribution in [0.5, 0.6) is 0 Å². The van der Waals surface area contributed by atoms with Crippen LogP contribution in [0.15, 0.2) is 12.4 Å². The minimum atomic E-state index is 0.667. The zero-order chi connectivity index (χ0) is 11.5. The molecule has 0 aromatic carbocycles. The lowest BCUT2D eigenvalue weighted by Gasteiger charge is -2.20. The molecule has 0 amide bonds. The third-order valence-corrected chi connectivity index (χ3v) is 3.24. The maximum absolute atomic E-state index is 4.41. The number of aromatic nitrogens is 2. The highest BCUT2D eigenvalue weighted by atomic mass is 15.2. The van der Waals surface area contributed by atoms with Crippen molar-refractivity contribution in [2.45, 2.75) is 32.9 Å². The Bertz CT molecular complexity index is 335. The van der Waals surface area contributed by atoms with Gasteiger partial charge in [0.05, 0.1) is 18.1 Å². The lowest BCUT2D eigenvalue weighted by molar-refractivity contribution is 0.253. The van der Waals surface area contributed by atoms with Crippen LogP contribution in [0.2, 0.25) is 0 Å². The van der Waals surface area contributed by atoms with Crippen molar-refractivity contribution in [1.82, 2.24) is 14.9 Å². The van der Waals surface area contributed by atoms with Crippen LogP contribution < -0.4 is 5.32 Å². The van der Waals surface area contributed by atoms with Crippen molar-refractivity contribution >= 4 is 5.82 Å². The van der Waals surface area contributed by atoms with Gasteiger partial charge in [0.1, 0.15) is 5.82 Å². The second-order valence-electron chi connectivity index (χ2n) is 4.76. The van der Waals surface area contributed by atoms with Crippen LogP contribution in [-0.2, 0) is 6.54 Å². The van der Waals surface area contributed by atoms with Gasteiger partial charge in [-0.1, -0.05) is 6.92 Å². The summed E-state index contributed by atoms with van der Waals surface area (Å²) in [5.41, 5.74) is 1.06. The van der Waals surface area contributed by atoms with E-state index >= 15 is 0 Å².